The summed E-state index contributed by atoms with van der Waals surface area (Å²) in [6.45, 7) is 0. The highest BCUT2D eigenvalue weighted by Gasteiger charge is 2.16. The second-order valence-electron chi connectivity index (χ2n) is 3.63. The Bertz CT molecular complexity index is 426. The number of hydrogen-bond acceptors (Lipinski definition) is 2. The van der Waals surface area contributed by atoms with E-state index >= 15 is 0 Å². The molecule has 1 N–H and O–H groups in total. The predicted octanol–water partition coefficient (Wildman–Crippen LogP) is 1.83. The second-order valence-corrected chi connectivity index (χ2v) is 5.17. The molecule has 0 saturated carbocycles. The molecular weight excluding hydrogens is 212 g/mol. The maximum Gasteiger partial charge on any atom is 0.335 e. The SMILES string of the molecule is O=C(O)c1ccc2c(c1)S(=O)CCCC2. The number of aryl methyl sites for hydroxylation is 1. The maximum atomic E-state index is 11.8. The Labute approximate surface area is 90.6 Å². The normalized spacial score (nSPS) is 20.4. The van der Waals surface area contributed by atoms with Crippen molar-refractivity contribution in [3.8, 4) is 0 Å². The van der Waals surface area contributed by atoms with Crippen LogP contribution in [0.2, 0.25) is 0 Å². The zero-order valence-electron chi connectivity index (χ0n) is 8.23. The number of fused-ring (bicyclic) bond motifs is 1. The lowest BCUT2D eigenvalue weighted by atomic mass is 10.1. The minimum absolute atomic E-state index is 0.226. The van der Waals surface area contributed by atoms with E-state index in [9.17, 15) is 9.00 Å². The van der Waals surface area contributed by atoms with E-state index < -0.39 is 16.8 Å². The highest BCUT2D eigenvalue weighted by atomic mass is 32.2. The molecule has 1 aliphatic rings. The lowest BCUT2D eigenvalue weighted by Gasteiger charge is -2.05. The molecule has 0 saturated heterocycles. The highest BCUT2D eigenvalue weighted by molar-refractivity contribution is 7.85. The van der Waals surface area contributed by atoms with Gasteiger partial charge in [0.15, 0.2) is 0 Å². The van der Waals surface area contributed by atoms with Crippen LogP contribution in [0.4, 0.5) is 0 Å². The van der Waals surface area contributed by atoms with E-state index in [2.05, 4.69) is 0 Å². The smallest absolute Gasteiger partial charge is 0.335 e. The summed E-state index contributed by atoms with van der Waals surface area (Å²) in [4.78, 5) is 11.5. The Morgan fingerprint density at radius 3 is 2.87 bits per heavy atom. The topological polar surface area (TPSA) is 54.4 Å². The standard InChI is InChI=1S/C11H12O3S/c12-11(13)9-5-4-8-3-1-2-6-15(14)10(8)7-9/h4-5,7H,1-3,6H2,(H,12,13). The van der Waals surface area contributed by atoms with Crippen LogP contribution in [0.25, 0.3) is 0 Å². The Morgan fingerprint density at radius 2 is 2.13 bits per heavy atom. The monoisotopic (exact) mass is 224 g/mol. The molecule has 3 nitrogen and oxygen atoms in total. The predicted molar refractivity (Wildman–Crippen MR) is 57.6 cm³/mol. The van der Waals surface area contributed by atoms with Crippen molar-refractivity contribution < 1.29 is 14.1 Å². The molecule has 1 aromatic carbocycles. The van der Waals surface area contributed by atoms with Crippen molar-refractivity contribution in [2.24, 2.45) is 0 Å². The molecule has 15 heavy (non-hydrogen) atoms. The summed E-state index contributed by atoms with van der Waals surface area (Å²) in [6, 6.07) is 4.94. The van der Waals surface area contributed by atoms with Gasteiger partial charge in [0.2, 0.25) is 0 Å². The van der Waals surface area contributed by atoms with Gasteiger partial charge >= 0.3 is 5.97 Å². The minimum atomic E-state index is -1.02. The number of rotatable bonds is 1. The lowest BCUT2D eigenvalue weighted by molar-refractivity contribution is 0.0696. The van der Waals surface area contributed by atoms with Crippen LogP contribution in [-0.4, -0.2) is 21.0 Å². The fourth-order valence-corrected chi connectivity index (χ4v) is 3.17. The van der Waals surface area contributed by atoms with Crippen LogP contribution in [0.3, 0.4) is 0 Å². The third kappa shape index (κ3) is 2.09. The molecule has 1 heterocycles. The highest BCUT2D eigenvalue weighted by Crippen LogP contribution is 2.22. The van der Waals surface area contributed by atoms with Crippen molar-refractivity contribution in [2.75, 3.05) is 5.75 Å². The zero-order valence-corrected chi connectivity index (χ0v) is 9.05. The van der Waals surface area contributed by atoms with Gasteiger partial charge in [-0.3, -0.25) is 4.21 Å². The number of benzene rings is 1. The van der Waals surface area contributed by atoms with Gasteiger partial charge in [0.1, 0.15) is 0 Å². The molecule has 1 aliphatic heterocycles. The summed E-state index contributed by atoms with van der Waals surface area (Å²) in [7, 11) is -1.02. The molecule has 0 spiro atoms. The fourth-order valence-electron chi connectivity index (χ4n) is 1.76. The number of carbonyl (C=O) groups is 1. The summed E-state index contributed by atoms with van der Waals surface area (Å²) in [5.74, 6) is -0.310. The van der Waals surface area contributed by atoms with Crippen molar-refractivity contribution in [1.82, 2.24) is 0 Å². The summed E-state index contributed by atoms with van der Waals surface area (Å²) < 4.78 is 11.8. The van der Waals surface area contributed by atoms with Gasteiger partial charge in [-0.25, -0.2) is 4.79 Å². The fraction of sp³-hybridized carbons (Fsp3) is 0.364. The van der Waals surface area contributed by atoms with Crippen LogP contribution in [-0.2, 0) is 17.2 Å². The Hall–Kier alpha value is -1.16. The van der Waals surface area contributed by atoms with Crippen LogP contribution in [0.15, 0.2) is 23.1 Å². The maximum absolute atomic E-state index is 11.8. The van der Waals surface area contributed by atoms with Crippen molar-refractivity contribution in [2.45, 2.75) is 24.2 Å². The first-order valence-electron chi connectivity index (χ1n) is 4.93. The van der Waals surface area contributed by atoms with Crippen molar-refractivity contribution in [1.29, 1.82) is 0 Å². The molecule has 1 aromatic rings. The van der Waals surface area contributed by atoms with Gasteiger partial charge in [-0.15, -0.1) is 0 Å². The van der Waals surface area contributed by atoms with Gasteiger partial charge in [-0.05, 0) is 37.0 Å². The molecule has 0 radical (unpaired) electrons. The Balaban J connectivity index is 2.48. The molecular formula is C11H12O3S. The molecule has 2 rings (SSSR count). The molecule has 0 bridgehead atoms. The van der Waals surface area contributed by atoms with Crippen LogP contribution >= 0.6 is 0 Å². The van der Waals surface area contributed by atoms with E-state index in [0.717, 1.165) is 24.8 Å². The lowest BCUT2D eigenvalue weighted by Crippen LogP contribution is -2.02. The summed E-state index contributed by atoms with van der Waals surface area (Å²) in [5.41, 5.74) is 1.26. The van der Waals surface area contributed by atoms with E-state index in [1.54, 1.807) is 18.2 Å². The minimum Gasteiger partial charge on any atom is -0.478 e. The van der Waals surface area contributed by atoms with Crippen LogP contribution in [0.5, 0.6) is 0 Å². The van der Waals surface area contributed by atoms with E-state index in [4.69, 9.17) is 5.11 Å². The second kappa shape index (κ2) is 4.14. The zero-order chi connectivity index (χ0) is 10.8. The van der Waals surface area contributed by atoms with Crippen LogP contribution < -0.4 is 0 Å². The van der Waals surface area contributed by atoms with Crippen molar-refractivity contribution in [3.63, 3.8) is 0 Å². The van der Waals surface area contributed by atoms with Crippen LogP contribution in [0.1, 0.15) is 28.8 Å². The van der Waals surface area contributed by atoms with Gasteiger partial charge in [-0.2, -0.15) is 0 Å². The van der Waals surface area contributed by atoms with Crippen molar-refractivity contribution >= 4 is 16.8 Å². The van der Waals surface area contributed by atoms with Crippen molar-refractivity contribution in [3.05, 3.63) is 29.3 Å². The molecule has 0 fully saturated rings. The molecule has 1 unspecified atom stereocenters. The van der Waals surface area contributed by atoms with Gasteiger partial charge in [0, 0.05) is 10.6 Å². The first-order valence-corrected chi connectivity index (χ1v) is 6.25. The largest absolute Gasteiger partial charge is 0.478 e. The first-order chi connectivity index (χ1) is 7.18. The molecule has 4 heteroatoms. The molecule has 0 aliphatic carbocycles. The third-order valence-corrected chi connectivity index (χ3v) is 4.12. The van der Waals surface area contributed by atoms with Crippen LogP contribution in [0, 0.1) is 0 Å². The van der Waals surface area contributed by atoms with E-state index in [1.165, 1.54) is 0 Å². The number of carboxylic acids is 1. The molecule has 0 aromatic heterocycles. The first kappa shape index (κ1) is 10.4. The average Bonchev–Trinajstić information content (AvgIpc) is 2.40. The number of aromatic carboxylic acids is 1. The summed E-state index contributed by atoms with van der Waals surface area (Å²) in [6.07, 6.45) is 2.88. The van der Waals surface area contributed by atoms with Gasteiger partial charge in [0.25, 0.3) is 0 Å². The summed E-state index contributed by atoms with van der Waals surface area (Å²) >= 11 is 0. The van der Waals surface area contributed by atoms with Gasteiger partial charge in [-0.1, -0.05) is 6.07 Å². The number of hydrogen-bond donors (Lipinski definition) is 1. The Kier molecular flexibility index (Phi) is 2.86. The van der Waals surface area contributed by atoms with Gasteiger partial charge in [0.05, 0.1) is 16.4 Å². The summed E-state index contributed by atoms with van der Waals surface area (Å²) in [5, 5.41) is 8.84. The molecule has 0 amide bonds. The Morgan fingerprint density at radius 1 is 1.33 bits per heavy atom. The average molecular weight is 224 g/mol. The third-order valence-electron chi connectivity index (χ3n) is 2.59. The van der Waals surface area contributed by atoms with Gasteiger partial charge < -0.3 is 5.11 Å². The van der Waals surface area contributed by atoms with E-state index in [0.29, 0.717) is 10.6 Å². The molecule has 80 valence electrons. The molecule has 1 atom stereocenters. The van der Waals surface area contributed by atoms with E-state index in [1.807, 2.05) is 0 Å². The number of carboxylic acid groups (broad SMARTS) is 1. The quantitative estimate of drug-likeness (QED) is 0.791. The van der Waals surface area contributed by atoms with E-state index in [-0.39, 0.29) is 5.56 Å².